The van der Waals surface area contributed by atoms with Crippen LogP contribution < -0.4 is 4.65 Å². The van der Waals surface area contributed by atoms with Crippen LogP contribution in [0, 0.1) is 6.92 Å². The van der Waals surface area contributed by atoms with Gasteiger partial charge in [0.2, 0.25) is 0 Å². The van der Waals surface area contributed by atoms with Crippen molar-refractivity contribution in [1.82, 2.24) is 0 Å². The smallest absolute Gasteiger partial charge is 0.537 e. The zero-order valence-corrected chi connectivity index (χ0v) is 90.0. The third-order valence-electron chi connectivity index (χ3n) is 26.5. The standard InChI is InChI=1S/C21H16.C20H14BO2.3C20H12.3C10H8.2C2H6.CH5BO2.2CH3Br.CH3I/c1-15-17-11-5-7-13-19(17)21(16-9-3-2-4-10-16)20-14-8-6-12-18(15)20;22-21-23-20-17-12-6-4-10-15(17)19(14-8-2-1-3-9-14)16-11-5-7-13-18(16)20;3*1-2-7-17-15(4-1)12-16-9-8-13-5-3-6-14-10-11-18(17)20(16)19(13)14;3*1-2-6-10-8-4-3-7-9(10)5-1;2*1-2;1-2(3)4;3*1-2/h2-14H,1H3;1-13,22H;3*1-12H;3*1-8H;2*1-2H3;3-4H,1H3;3*1H3. The van der Waals surface area contributed by atoms with E-state index in [1.807, 2.05) is 98.9 Å². The minimum atomic E-state index is -1.17. The van der Waals surface area contributed by atoms with E-state index in [1.54, 1.807) is 0 Å². The van der Waals surface area contributed by atoms with Gasteiger partial charge in [0.25, 0.3) is 0 Å². The van der Waals surface area contributed by atoms with Gasteiger partial charge in [0.1, 0.15) is 5.75 Å². The van der Waals surface area contributed by atoms with Gasteiger partial charge in [0.15, 0.2) is 0 Å². The molecule has 29 rings (SSSR count). The van der Waals surface area contributed by atoms with Gasteiger partial charge in [-0.15, -0.1) is 0 Å². The van der Waals surface area contributed by atoms with Crippen molar-refractivity contribution in [3.05, 3.63) is 527 Å². The van der Waals surface area contributed by atoms with Gasteiger partial charge in [-0.1, -0.05) is 586 Å². The van der Waals surface area contributed by atoms with Gasteiger partial charge in [-0.05, 0) is 270 Å². The average molecular weight is 2160 g/mol. The van der Waals surface area contributed by atoms with Gasteiger partial charge in [-0.25, -0.2) is 0 Å². The van der Waals surface area contributed by atoms with E-state index < -0.39 is 7.12 Å². The van der Waals surface area contributed by atoms with Crippen LogP contribution in [0.3, 0.4) is 0 Å². The number of aryl methyl sites for hydroxylation is 1. The third kappa shape index (κ3) is 23.3. The van der Waals surface area contributed by atoms with E-state index in [4.69, 9.17) is 14.7 Å². The summed E-state index contributed by atoms with van der Waals surface area (Å²) < 4.78 is 5.45. The Morgan fingerprint density at radius 2 is 0.372 bits per heavy atom. The molecule has 0 aliphatic heterocycles. The van der Waals surface area contributed by atoms with Crippen molar-refractivity contribution in [2.45, 2.75) is 41.4 Å². The normalized spacial score (nSPS) is 10.5. The molecule has 29 aromatic rings. The fourth-order valence-electron chi connectivity index (χ4n) is 20.3. The van der Waals surface area contributed by atoms with Gasteiger partial charge in [0, 0.05) is 10.8 Å². The Kier molecular flexibility index (Phi) is 37.1. The quantitative estimate of drug-likeness (QED) is 0.0540. The van der Waals surface area contributed by atoms with E-state index >= 15 is 0 Å². The molecule has 0 aliphatic rings. The summed E-state index contributed by atoms with van der Waals surface area (Å²) in [7, 11) is -0.420. The van der Waals surface area contributed by atoms with Crippen molar-refractivity contribution < 1.29 is 19.7 Å². The highest BCUT2D eigenvalue weighted by Gasteiger charge is 2.19. The van der Waals surface area contributed by atoms with E-state index in [9.17, 15) is 5.02 Å². The molecule has 9 heteroatoms. The Bertz CT molecular complexity index is 8450. The molecule has 0 atom stereocenters. The predicted octanol–water partition coefficient (Wildman–Crippen LogP) is 40.5. The first-order valence-electron chi connectivity index (χ1n) is 50.2. The summed E-state index contributed by atoms with van der Waals surface area (Å²) in [6.07, 6.45) is 0. The van der Waals surface area contributed by atoms with Crippen LogP contribution in [0.1, 0.15) is 33.3 Å². The monoisotopic (exact) mass is 2160 g/mol. The Hall–Kier alpha value is -15.4. The highest BCUT2D eigenvalue weighted by atomic mass is 127. The first-order valence-corrected chi connectivity index (χ1v) is 55.5. The van der Waals surface area contributed by atoms with Gasteiger partial charge < -0.3 is 19.7 Å². The van der Waals surface area contributed by atoms with Gasteiger partial charge in [-0.2, -0.15) is 0 Å². The molecule has 1 radical (unpaired) electrons. The van der Waals surface area contributed by atoms with Gasteiger partial charge >= 0.3 is 14.8 Å². The lowest BCUT2D eigenvalue weighted by Crippen LogP contribution is -2.01. The molecule has 0 unspecified atom stereocenters. The van der Waals surface area contributed by atoms with Crippen LogP contribution in [0.4, 0.5) is 0 Å². The summed E-state index contributed by atoms with van der Waals surface area (Å²) in [6.45, 7) is 11.5. The van der Waals surface area contributed by atoms with Gasteiger partial charge in [-0.3, -0.25) is 0 Å². The summed E-state index contributed by atoms with van der Waals surface area (Å²) >= 11 is 8.02. The van der Waals surface area contributed by atoms with E-state index in [-0.39, 0.29) is 0 Å². The molecule has 29 aromatic carbocycles. The van der Waals surface area contributed by atoms with Crippen molar-refractivity contribution in [3.63, 3.8) is 0 Å². The molecule has 0 aromatic heterocycles. The lowest BCUT2D eigenvalue weighted by molar-refractivity contribution is 0.417. The Morgan fingerprint density at radius 1 is 0.196 bits per heavy atom. The van der Waals surface area contributed by atoms with Crippen LogP contribution in [-0.2, 0) is 0 Å². The number of halogens is 3. The largest absolute Gasteiger partial charge is 0.569 e. The van der Waals surface area contributed by atoms with Crippen LogP contribution in [-0.4, -0.2) is 46.5 Å². The van der Waals surface area contributed by atoms with Crippen molar-refractivity contribution in [3.8, 4) is 28.0 Å². The fourth-order valence-corrected chi connectivity index (χ4v) is 20.3. The van der Waals surface area contributed by atoms with E-state index in [2.05, 4.69) is 528 Å². The number of benzene rings is 29. The van der Waals surface area contributed by atoms with Crippen LogP contribution in [0.2, 0.25) is 6.82 Å². The topological polar surface area (TPSA) is 69.9 Å². The Balaban J connectivity index is 0.000000120. The fraction of sp³-hybridized carbons (Fsp3) is 0.0647. The minimum Gasteiger partial charge on any atom is -0.537 e. The molecule has 0 saturated heterocycles. The number of rotatable bonds is 4. The number of fused-ring (bicyclic) bond motifs is 13. The zero-order chi connectivity index (χ0) is 103. The van der Waals surface area contributed by atoms with Crippen molar-refractivity contribution in [2.75, 3.05) is 16.6 Å². The molecule has 3 N–H and O–H groups in total. The summed E-state index contributed by atoms with van der Waals surface area (Å²) in [4.78, 5) is 1.97. The van der Waals surface area contributed by atoms with Crippen LogP contribution in [0.5, 0.6) is 5.75 Å². The highest BCUT2D eigenvalue weighted by Crippen LogP contribution is 2.46. The first-order chi connectivity index (χ1) is 73.1. The molecule has 148 heavy (non-hydrogen) atoms. The average Bonchev–Trinajstić information content (AvgIpc) is 0.733. The lowest BCUT2D eigenvalue weighted by Gasteiger charge is -2.16. The molecule has 0 heterocycles. The molecule has 0 bridgehead atoms. The van der Waals surface area contributed by atoms with Crippen LogP contribution in [0.15, 0.2) is 522 Å². The van der Waals surface area contributed by atoms with E-state index in [0.29, 0.717) is 5.75 Å². The molecule has 0 saturated carbocycles. The first kappa shape index (κ1) is 105. The van der Waals surface area contributed by atoms with E-state index in [1.165, 1.54) is 218 Å². The lowest BCUT2D eigenvalue weighted by atomic mass is 9.89. The second kappa shape index (κ2) is 52.1. The maximum Gasteiger partial charge on any atom is 0.569 e. The molecular weight excluding hydrogens is 2040 g/mol. The number of hydrogen-bond donors (Lipinski definition) is 3. The zero-order valence-electron chi connectivity index (χ0n) is 84.7. The molecule has 0 spiro atoms. The predicted molar refractivity (Wildman–Crippen MR) is 670 cm³/mol. The molecule has 0 amide bonds. The maximum absolute atomic E-state index is 9.18. The summed E-state index contributed by atoms with van der Waals surface area (Å²) in [5.41, 5.74) is 6.33. The number of alkyl halides is 3. The van der Waals surface area contributed by atoms with Crippen molar-refractivity contribution in [2.24, 2.45) is 0 Å². The number of hydrogen-bond acceptors (Lipinski definition) is 4. The molecule has 4 nitrogen and oxygen atoms in total. The Morgan fingerprint density at radius 3 is 0.608 bits per heavy atom. The minimum absolute atomic E-state index is 0.679. The summed E-state index contributed by atoms with van der Waals surface area (Å²) in [6, 6.07) is 184. The van der Waals surface area contributed by atoms with Crippen LogP contribution >= 0.6 is 54.5 Å². The van der Waals surface area contributed by atoms with Crippen LogP contribution in [0.25, 0.3) is 227 Å². The second-order valence-electron chi connectivity index (χ2n) is 34.9. The summed E-state index contributed by atoms with van der Waals surface area (Å²) in [5, 5.41) is 74.3. The maximum atomic E-state index is 9.18. The van der Waals surface area contributed by atoms with E-state index in [0.717, 1.165) is 29.2 Å². The summed E-state index contributed by atoms with van der Waals surface area (Å²) in [5.74, 6) is 4.30. The molecule has 0 fully saturated rings. The SMILES string of the molecule is CB(O)O.CBr.CBr.CC.CC.CI.Cc1c2ccccc2c(-c2ccccc2)c2ccccc12.O[B]Oc1c2ccccc2c(-c2ccccc2)c2ccccc12.c1ccc2c(c1)cc1ccc3cccc4ccc2c1c34.c1ccc2c(c1)cc1ccc3cccc4ccc2c1c34.c1ccc2c(c1)cc1ccc3cccc4ccc2c1c34.c1ccc2ccccc2c1.c1ccc2ccccc2c1.c1ccc2ccccc2c1. The third-order valence-corrected chi connectivity index (χ3v) is 26.5. The van der Waals surface area contributed by atoms with Gasteiger partial charge in [0.05, 0.1) is 0 Å². The molecular formula is C139H116B2Br2IO4. The second-order valence-corrected chi connectivity index (χ2v) is 34.9. The van der Waals surface area contributed by atoms with Crippen molar-refractivity contribution >= 4 is 274 Å². The Labute approximate surface area is 899 Å². The molecule has 0 aliphatic carbocycles. The van der Waals surface area contributed by atoms with Crippen molar-refractivity contribution in [1.29, 1.82) is 0 Å². The highest BCUT2D eigenvalue weighted by molar-refractivity contribution is 14.1. The molecule has 723 valence electrons.